The van der Waals surface area contributed by atoms with E-state index in [0.717, 1.165) is 29.4 Å². The Hall–Kier alpha value is -2.17. The molecule has 2 heterocycles. The Labute approximate surface area is 118 Å². The van der Waals surface area contributed by atoms with Gasteiger partial charge in [-0.25, -0.2) is 0 Å². The van der Waals surface area contributed by atoms with E-state index in [4.69, 9.17) is 9.47 Å². The molecular weight excluding hydrogens is 254 g/mol. The molecule has 0 fully saturated rings. The summed E-state index contributed by atoms with van der Waals surface area (Å²) in [6.45, 7) is 7.51. The van der Waals surface area contributed by atoms with E-state index in [0.29, 0.717) is 6.79 Å². The van der Waals surface area contributed by atoms with Crippen LogP contribution in [-0.4, -0.2) is 17.0 Å². The molecule has 0 saturated heterocycles. The Bertz CT molecular complexity index is 614. The fourth-order valence-corrected chi connectivity index (χ4v) is 2.30. The lowest BCUT2D eigenvalue weighted by Crippen LogP contribution is -2.15. The highest BCUT2D eigenvalue weighted by Gasteiger charge is 2.20. The third-order valence-electron chi connectivity index (χ3n) is 3.29. The molecule has 0 radical (unpaired) electrons. The van der Waals surface area contributed by atoms with Crippen molar-refractivity contribution in [3.05, 3.63) is 35.7 Å². The summed E-state index contributed by atoms with van der Waals surface area (Å²) >= 11 is 0. The predicted octanol–water partition coefficient (Wildman–Crippen LogP) is 3.05. The number of H-pyrrole nitrogens is 1. The van der Waals surface area contributed by atoms with Gasteiger partial charge in [0.05, 0.1) is 5.69 Å². The Morgan fingerprint density at radius 3 is 2.85 bits per heavy atom. The van der Waals surface area contributed by atoms with E-state index in [-0.39, 0.29) is 5.41 Å². The van der Waals surface area contributed by atoms with Gasteiger partial charge in [-0.2, -0.15) is 5.10 Å². The lowest BCUT2D eigenvalue weighted by atomic mass is 9.89. The van der Waals surface area contributed by atoms with E-state index in [1.54, 1.807) is 0 Å². The number of benzene rings is 1. The maximum atomic E-state index is 5.37. The molecule has 2 N–H and O–H groups in total. The number of aromatic nitrogens is 2. The van der Waals surface area contributed by atoms with Crippen LogP contribution < -0.4 is 14.8 Å². The number of anilines is 1. The molecule has 0 amide bonds. The van der Waals surface area contributed by atoms with Gasteiger partial charge in [0.2, 0.25) is 6.79 Å². The van der Waals surface area contributed by atoms with Gasteiger partial charge in [0.1, 0.15) is 0 Å². The lowest BCUT2D eigenvalue weighted by Gasteiger charge is -2.17. The number of hydrogen-bond donors (Lipinski definition) is 2. The van der Waals surface area contributed by atoms with Crippen molar-refractivity contribution in [1.82, 2.24) is 10.2 Å². The van der Waals surface area contributed by atoms with Gasteiger partial charge in [-0.05, 0) is 12.1 Å². The Morgan fingerprint density at radius 1 is 1.25 bits per heavy atom. The van der Waals surface area contributed by atoms with Crippen LogP contribution in [0.3, 0.4) is 0 Å². The van der Waals surface area contributed by atoms with Crippen LogP contribution in [-0.2, 0) is 12.0 Å². The van der Waals surface area contributed by atoms with Crippen LogP contribution in [0.5, 0.6) is 11.5 Å². The Balaban J connectivity index is 1.73. The van der Waals surface area contributed by atoms with Crippen molar-refractivity contribution in [2.75, 3.05) is 12.1 Å². The molecule has 1 aromatic carbocycles. The molecule has 5 heteroatoms. The standard InChI is InChI=1S/C15H19N3O2/c1-15(2,3)14-10(8-17-18-14)7-16-11-4-5-12-13(6-11)20-9-19-12/h4-6,8,16H,7,9H2,1-3H3,(H,17,18). The largest absolute Gasteiger partial charge is 0.454 e. The Morgan fingerprint density at radius 2 is 2.05 bits per heavy atom. The molecule has 0 spiro atoms. The molecule has 1 aliphatic heterocycles. The predicted molar refractivity (Wildman–Crippen MR) is 77.2 cm³/mol. The molecule has 1 aliphatic rings. The van der Waals surface area contributed by atoms with Gasteiger partial charge in [-0.15, -0.1) is 0 Å². The van der Waals surface area contributed by atoms with Crippen molar-refractivity contribution < 1.29 is 9.47 Å². The van der Waals surface area contributed by atoms with Crippen LogP contribution in [0.25, 0.3) is 0 Å². The summed E-state index contributed by atoms with van der Waals surface area (Å²) in [5.74, 6) is 1.59. The zero-order valence-corrected chi connectivity index (χ0v) is 12.0. The minimum absolute atomic E-state index is 0.0336. The maximum absolute atomic E-state index is 5.37. The highest BCUT2D eigenvalue weighted by atomic mass is 16.7. The molecule has 0 unspecified atom stereocenters. The fourth-order valence-electron chi connectivity index (χ4n) is 2.30. The lowest BCUT2D eigenvalue weighted by molar-refractivity contribution is 0.174. The summed E-state index contributed by atoms with van der Waals surface area (Å²) in [6, 6.07) is 5.87. The molecule has 0 atom stereocenters. The average Bonchev–Trinajstić information content (AvgIpc) is 3.03. The van der Waals surface area contributed by atoms with Crippen LogP contribution in [0.15, 0.2) is 24.4 Å². The molecular formula is C15H19N3O2. The summed E-state index contributed by atoms with van der Waals surface area (Å²) in [4.78, 5) is 0. The van der Waals surface area contributed by atoms with Crippen LogP contribution >= 0.6 is 0 Å². The third-order valence-corrected chi connectivity index (χ3v) is 3.29. The number of rotatable bonds is 3. The van der Waals surface area contributed by atoms with E-state index in [1.807, 2.05) is 24.4 Å². The molecule has 20 heavy (non-hydrogen) atoms. The summed E-state index contributed by atoms with van der Waals surface area (Å²) < 4.78 is 10.7. The number of nitrogens with one attached hydrogen (secondary N) is 2. The molecule has 0 aliphatic carbocycles. The van der Waals surface area contributed by atoms with Gasteiger partial charge in [0.15, 0.2) is 11.5 Å². The highest BCUT2D eigenvalue weighted by molar-refractivity contribution is 5.55. The van der Waals surface area contributed by atoms with Crippen molar-refractivity contribution in [3.8, 4) is 11.5 Å². The SMILES string of the molecule is CC(C)(C)c1n[nH]cc1CNc1ccc2c(c1)OCO2. The zero-order chi connectivity index (χ0) is 14.2. The van der Waals surface area contributed by atoms with Gasteiger partial charge in [-0.3, -0.25) is 5.10 Å². The monoisotopic (exact) mass is 273 g/mol. The average molecular weight is 273 g/mol. The van der Waals surface area contributed by atoms with E-state index < -0.39 is 0 Å². The second-order valence-electron chi connectivity index (χ2n) is 5.93. The number of hydrogen-bond acceptors (Lipinski definition) is 4. The smallest absolute Gasteiger partial charge is 0.231 e. The molecule has 106 valence electrons. The highest BCUT2D eigenvalue weighted by Crippen LogP contribution is 2.34. The second kappa shape index (κ2) is 4.74. The van der Waals surface area contributed by atoms with Crippen LogP contribution in [0.4, 0.5) is 5.69 Å². The van der Waals surface area contributed by atoms with Crippen molar-refractivity contribution in [1.29, 1.82) is 0 Å². The first kappa shape index (κ1) is 12.8. The minimum Gasteiger partial charge on any atom is -0.454 e. The zero-order valence-electron chi connectivity index (χ0n) is 12.0. The maximum Gasteiger partial charge on any atom is 0.231 e. The van der Waals surface area contributed by atoms with E-state index in [2.05, 4.69) is 36.3 Å². The van der Waals surface area contributed by atoms with Crippen LogP contribution in [0.2, 0.25) is 0 Å². The summed E-state index contributed by atoms with van der Waals surface area (Å²) in [6.07, 6.45) is 1.95. The first-order valence-electron chi connectivity index (χ1n) is 6.71. The minimum atomic E-state index is 0.0336. The second-order valence-corrected chi connectivity index (χ2v) is 5.93. The molecule has 3 rings (SSSR count). The van der Waals surface area contributed by atoms with E-state index in [1.165, 1.54) is 5.56 Å². The van der Waals surface area contributed by atoms with Crippen molar-refractivity contribution >= 4 is 5.69 Å². The van der Waals surface area contributed by atoms with Gasteiger partial charge < -0.3 is 14.8 Å². The number of fused-ring (bicyclic) bond motifs is 1. The summed E-state index contributed by atoms with van der Waals surface area (Å²) in [5, 5.41) is 10.7. The Kier molecular flexibility index (Phi) is 3.04. The van der Waals surface area contributed by atoms with Gasteiger partial charge in [0.25, 0.3) is 0 Å². The first-order valence-corrected chi connectivity index (χ1v) is 6.71. The van der Waals surface area contributed by atoms with Gasteiger partial charge in [0, 0.05) is 35.5 Å². The quantitative estimate of drug-likeness (QED) is 0.902. The number of nitrogens with zero attached hydrogens (tertiary/aromatic N) is 1. The topological polar surface area (TPSA) is 59.2 Å². The van der Waals surface area contributed by atoms with Crippen LogP contribution in [0.1, 0.15) is 32.0 Å². The molecule has 5 nitrogen and oxygen atoms in total. The first-order chi connectivity index (χ1) is 9.54. The summed E-state index contributed by atoms with van der Waals surface area (Å²) in [5.41, 5.74) is 3.31. The van der Waals surface area contributed by atoms with Gasteiger partial charge in [-0.1, -0.05) is 20.8 Å². The van der Waals surface area contributed by atoms with E-state index >= 15 is 0 Å². The molecule has 0 bridgehead atoms. The summed E-state index contributed by atoms with van der Waals surface area (Å²) in [7, 11) is 0. The molecule has 0 saturated carbocycles. The normalized spacial score (nSPS) is 13.6. The molecule has 2 aromatic rings. The van der Waals surface area contributed by atoms with Gasteiger partial charge >= 0.3 is 0 Å². The molecule has 1 aromatic heterocycles. The third kappa shape index (κ3) is 2.43. The van der Waals surface area contributed by atoms with Crippen molar-refractivity contribution in [3.63, 3.8) is 0 Å². The van der Waals surface area contributed by atoms with Crippen molar-refractivity contribution in [2.24, 2.45) is 0 Å². The number of aromatic amines is 1. The number of ether oxygens (including phenoxy) is 2. The van der Waals surface area contributed by atoms with Crippen molar-refractivity contribution in [2.45, 2.75) is 32.7 Å². The van der Waals surface area contributed by atoms with Crippen LogP contribution in [0, 0.1) is 0 Å². The van der Waals surface area contributed by atoms with E-state index in [9.17, 15) is 0 Å². The fraction of sp³-hybridized carbons (Fsp3) is 0.400.